The SMILES string of the molecule is O=C(O)c1cc(-c2n[nH]cc2Sc2ccc(Cl)cc2)on1. The number of carbonyl (C=O) groups is 1. The van der Waals surface area contributed by atoms with Crippen LogP contribution in [0.15, 0.2) is 50.8 Å². The molecule has 0 fully saturated rings. The lowest BCUT2D eigenvalue weighted by molar-refractivity contribution is 0.0686. The van der Waals surface area contributed by atoms with Gasteiger partial charge in [-0.25, -0.2) is 4.79 Å². The summed E-state index contributed by atoms with van der Waals surface area (Å²) in [6.45, 7) is 0. The number of rotatable bonds is 4. The number of H-pyrrole nitrogens is 1. The van der Waals surface area contributed by atoms with Crippen molar-refractivity contribution < 1.29 is 14.4 Å². The average molecular weight is 322 g/mol. The summed E-state index contributed by atoms with van der Waals surface area (Å²) in [7, 11) is 0. The van der Waals surface area contributed by atoms with Crippen LogP contribution >= 0.6 is 23.4 Å². The molecule has 0 amide bonds. The summed E-state index contributed by atoms with van der Waals surface area (Å²) < 4.78 is 5.02. The fraction of sp³-hybridized carbons (Fsp3) is 0. The Morgan fingerprint density at radius 3 is 2.76 bits per heavy atom. The molecule has 3 rings (SSSR count). The average Bonchev–Trinajstić information content (AvgIpc) is 3.09. The van der Waals surface area contributed by atoms with Gasteiger partial charge < -0.3 is 9.63 Å². The van der Waals surface area contributed by atoms with Crippen LogP contribution in [0.2, 0.25) is 5.02 Å². The number of nitrogens with one attached hydrogen (secondary N) is 1. The van der Waals surface area contributed by atoms with E-state index >= 15 is 0 Å². The molecule has 0 aliphatic carbocycles. The van der Waals surface area contributed by atoms with Crippen molar-refractivity contribution >= 4 is 29.3 Å². The first-order valence-electron chi connectivity index (χ1n) is 5.81. The van der Waals surface area contributed by atoms with Crippen LogP contribution in [0.3, 0.4) is 0 Å². The fourth-order valence-electron chi connectivity index (χ4n) is 1.65. The number of aromatic amines is 1. The first kappa shape index (κ1) is 13.7. The third-order valence-electron chi connectivity index (χ3n) is 2.61. The van der Waals surface area contributed by atoms with Gasteiger partial charge in [-0.05, 0) is 24.3 Å². The highest BCUT2D eigenvalue weighted by molar-refractivity contribution is 7.99. The third kappa shape index (κ3) is 2.93. The molecular weight excluding hydrogens is 314 g/mol. The minimum absolute atomic E-state index is 0.157. The zero-order chi connectivity index (χ0) is 14.8. The van der Waals surface area contributed by atoms with Crippen LogP contribution in [0.5, 0.6) is 0 Å². The summed E-state index contributed by atoms with van der Waals surface area (Å²) in [5.41, 5.74) is 0.352. The molecule has 1 aromatic carbocycles. The summed E-state index contributed by atoms with van der Waals surface area (Å²) in [4.78, 5) is 12.6. The van der Waals surface area contributed by atoms with Crippen LogP contribution in [0.1, 0.15) is 10.5 Å². The lowest BCUT2D eigenvalue weighted by Crippen LogP contribution is -1.94. The molecule has 6 nitrogen and oxygen atoms in total. The van der Waals surface area contributed by atoms with E-state index in [9.17, 15) is 4.79 Å². The molecule has 8 heteroatoms. The van der Waals surface area contributed by atoms with Crippen LogP contribution in [0, 0.1) is 0 Å². The number of halogens is 1. The van der Waals surface area contributed by atoms with Gasteiger partial charge >= 0.3 is 5.97 Å². The number of aromatic nitrogens is 3. The van der Waals surface area contributed by atoms with Crippen molar-refractivity contribution in [3.63, 3.8) is 0 Å². The van der Waals surface area contributed by atoms with Crippen molar-refractivity contribution in [3.05, 3.63) is 47.2 Å². The molecule has 21 heavy (non-hydrogen) atoms. The number of carboxylic acid groups (broad SMARTS) is 1. The zero-order valence-corrected chi connectivity index (χ0v) is 12.0. The smallest absolute Gasteiger partial charge is 0.358 e. The number of benzene rings is 1. The van der Waals surface area contributed by atoms with Gasteiger partial charge in [0.15, 0.2) is 11.5 Å². The monoisotopic (exact) mass is 321 g/mol. The van der Waals surface area contributed by atoms with E-state index in [0.717, 1.165) is 9.79 Å². The number of nitrogens with zero attached hydrogens (tertiary/aromatic N) is 2. The van der Waals surface area contributed by atoms with Gasteiger partial charge in [-0.3, -0.25) is 5.10 Å². The Labute approximate surface area is 128 Å². The van der Waals surface area contributed by atoms with Crippen LogP contribution < -0.4 is 0 Å². The molecule has 0 saturated carbocycles. The lowest BCUT2D eigenvalue weighted by atomic mass is 10.3. The first-order valence-corrected chi connectivity index (χ1v) is 7.00. The molecule has 0 bridgehead atoms. The summed E-state index contributed by atoms with van der Waals surface area (Å²) >= 11 is 7.30. The Balaban J connectivity index is 1.89. The largest absolute Gasteiger partial charge is 0.476 e. The molecule has 2 heterocycles. The van der Waals surface area contributed by atoms with Crippen molar-refractivity contribution in [1.82, 2.24) is 15.4 Å². The second-order valence-corrected chi connectivity index (χ2v) is 5.59. The van der Waals surface area contributed by atoms with Crippen molar-refractivity contribution in [2.45, 2.75) is 9.79 Å². The molecule has 0 aliphatic heterocycles. The molecule has 106 valence electrons. The molecule has 2 aromatic heterocycles. The van der Waals surface area contributed by atoms with Gasteiger partial charge in [0.1, 0.15) is 5.69 Å². The maximum absolute atomic E-state index is 10.8. The van der Waals surface area contributed by atoms with E-state index in [4.69, 9.17) is 21.2 Å². The van der Waals surface area contributed by atoms with Gasteiger partial charge in [0, 0.05) is 22.2 Å². The Morgan fingerprint density at radius 2 is 2.10 bits per heavy atom. The quantitative estimate of drug-likeness (QED) is 0.763. The number of carboxylic acids is 1. The standard InChI is InChI=1S/C13H8ClN3O3S/c14-7-1-3-8(4-2-7)21-11-6-15-16-12(11)10-5-9(13(18)19)17-20-10/h1-6H,(H,15,16)(H,18,19). The van der Waals surface area contributed by atoms with Crippen molar-refractivity contribution in [3.8, 4) is 11.5 Å². The molecule has 0 aliphatic rings. The van der Waals surface area contributed by atoms with E-state index in [1.54, 1.807) is 18.3 Å². The zero-order valence-electron chi connectivity index (χ0n) is 10.4. The minimum atomic E-state index is -1.15. The molecule has 0 unspecified atom stereocenters. The Morgan fingerprint density at radius 1 is 1.33 bits per heavy atom. The highest BCUT2D eigenvalue weighted by Crippen LogP contribution is 2.35. The summed E-state index contributed by atoms with van der Waals surface area (Å²) in [5.74, 6) is -0.849. The summed E-state index contributed by atoms with van der Waals surface area (Å²) in [6.07, 6.45) is 1.71. The van der Waals surface area contributed by atoms with E-state index in [0.29, 0.717) is 16.5 Å². The Kier molecular flexibility index (Phi) is 3.68. The minimum Gasteiger partial charge on any atom is -0.476 e. The first-order chi connectivity index (χ1) is 10.1. The topological polar surface area (TPSA) is 92.0 Å². The maximum Gasteiger partial charge on any atom is 0.358 e. The molecule has 0 atom stereocenters. The number of hydrogen-bond acceptors (Lipinski definition) is 5. The lowest BCUT2D eigenvalue weighted by Gasteiger charge is -2.00. The molecule has 3 aromatic rings. The van der Waals surface area contributed by atoms with Crippen molar-refractivity contribution in [2.24, 2.45) is 0 Å². The number of hydrogen-bond donors (Lipinski definition) is 2. The fourth-order valence-corrected chi connectivity index (χ4v) is 2.66. The molecule has 0 saturated heterocycles. The highest BCUT2D eigenvalue weighted by atomic mass is 35.5. The molecule has 0 spiro atoms. The predicted octanol–water partition coefficient (Wildman–Crippen LogP) is 3.57. The van der Waals surface area contributed by atoms with Crippen LogP contribution in [0.25, 0.3) is 11.5 Å². The second-order valence-electron chi connectivity index (χ2n) is 4.04. The van der Waals surface area contributed by atoms with Gasteiger partial charge in [-0.2, -0.15) is 5.10 Å². The van der Waals surface area contributed by atoms with Crippen molar-refractivity contribution in [2.75, 3.05) is 0 Å². The van der Waals surface area contributed by atoms with Crippen LogP contribution in [-0.4, -0.2) is 26.4 Å². The van der Waals surface area contributed by atoms with Crippen LogP contribution in [0.4, 0.5) is 0 Å². The third-order valence-corrected chi connectivity index (χ3v) is 3.90. The summed E-state index contributed by atoms with van der Waals surface area (Å²) in [5, 5.41) is 19.8. The van der Waals surface area contributed by atoms with Gasteiger partial charge in [-0.1, -0.05) is 28.5 Å². The Hall–Kier alpha value is -2.25. The van der Waals surface area contributed by atoms with E-state index in [2.05, 4.69) is 15.4 Å². The van der Waals surface area contributed by atoms with Crippen molar-refractivity contribution in [1.29, 1.82) is 0 Å². The van der Waals surface area contributed by atoms with Crippen LogP contribution in [-0.2, 0) is 0 Å². The van der Waals surface area contributed by atoms with E-state index in [-0.39, 0.29) is 5.69 Å². The van der Waals surface area contributed by atoms with E-state index in [1.165, 1.54) is 17.8 Å². The molecule has 2 N–H and O–H groups in total. The Bertz CT molecular complexity index is 782. The second kappa shape index (κ2) is 5.63. The van der Waals surface area contributed by atoms with E-state index in [1.807, 2.05) is 12.1 Å². The predicted molar refractivity (Wildman–Crippen MR) is 76.6 cm³/mol. The van der Waals surface area contributed by atoms with Gasteiger partial charge in [-0.15, -0.1) is 0 Å². The van der Waals surface area contributed by atoms with Gasteiger partial charge in [0.2, 0.25) is 0 Å². The molecule has 0 radical (unpaired) electrons. The summed E-state index contributed by atoms with van der Waals surface area (Å²) in [6, 6.07) is 8.69. The molecular formula is C13H8ClN3O3S. The highest BCUT2D eigenvalue weighted by Gasteiger charge is 2.17. The number of aromatic carboxylic acids is 1. The normalized spacial score (nSPS) is 10.7. The van der Waals surface area contributed by atoms with E-state index < -0.39 is 5.97 Å². The van der Waals surface area contributed by atoms with Gasteiger partial charge in [0.25, 0.3) is 0 Å². The van der Waals surface area contributed by atoms with Gasteiger partial charge in [0.05, 0.1) is 4.90 Å². The maximum atomic E-state index is 10.8.